The average molecular weight is 111 g/mol. The minimum absolute atomic E-state index is 0.853. The molecule has 0 unspecified atom stereocenters. The van der Waals surface area contributed by atoms with Gasteiger partial charge >= 0.3 is 0 Å². The molecule has 1 heteroatoms. The van der Waals surface area contributed by atoms with Crippen LogP contribution in [0, 0.1) is 0 Å². The number of nitrogens with one attached hydrogen (secondary N) is 1. The van der Waals surface area contributed by atoms with Gasteiger partial charge in [-0.25, -0.2) is 0 Å². The highest BCUT2D eigenvalue weighted by molar-refractivity contribution is 4.86. The Morgan fingerprint density at radius 1 is 1.62 bits per heavy atom. The van der Waals surface area contributed by atoms with Crippen LogP contribution in [0.5, 0.6) is 0 Å². The largest absolute Gasteiger partial charge is 0.311 e. The number of hydrogen-bond acceptors (Lipinski definition) is 1. The summed E-state index contributed by atoms with van der Waals surface area (Å²) in [6, 6.07) is 0.853. The summed E-state index contributed by atoms with van der Waals surface area (Å²) in [6.07, 6.45) is 7.00. The van der Waals surface area contributed by atoms with Crippen LogP contribution in [0.15, 0.2) is 12.2 Å². The van der Waals surface area contributed by atoms with E-state index in [-0.39, 0.29) is 0 Å². The molecule has 1 rings (SSSR count). The van der Waals surface area contributed by atoms with E-state index in [0.29, 0.717) is 0 Å². The van der Waals surface area contributed by atoms with Gasteiger partial charge in [0.2, 0.25) is 0 Å². The predicted octanol–water partition coefficient (Wildman–Crippen LogP) is 1.31. The zero-order valence-electron chi connectivity index (χ0n) is 5.35. The molecule has 1 nitrogen and oxygen atoms in total. The van der Waals surface area contributed by atoms with E-state index in [2.05, 4.69) is 24.4 Å². The lowest BCUT2D eigenvalue weighted by molar-refractivity contribution is 0.753. The van der Waals surface area contributed by atoms with Gasteiger partial charge in [-0.3, -0.25) is 0 Å². The first kappa shape index (κ1) is 5.83. The Bertz CT molecular complexity index is 82.4. The van der Waals surface area contributed by atoms with Crippen LogP contribution in [0.2, 0.25) is 0 Å². The summed E-state index contributed by atoms with van der Waals surface area (Å²) >= 11 is 0. The molecular weight excluding hydrogens is 98.1 g/mol. The van der Waals surface area contributed by atoms with Gasteiger partial charge < -0.3 is 5.32 Å². The van der Waals surface area contributed by atoms with E-state index in [4.69, 9.17) is 0 Å². The van der Waals surface area contributed by atoms with Gasteiger partial charge in [-0.2, -0.15) is 0 Å². The van der Waals surface area contributed by atoms with Crippen molar-refractivity contribution in [1.29, 1.82) is 0 Å². The van der Waals surface area contributed by atoms with Crippen molar-refractivity contribution in [3.05, 3.63) is 12.2 Å². The quantitative estimate of drug-likeness (QED) is 0.541. The van der Waals surface area contributed by atoms with Gasteiger partial charge in [0.25, 0.3) is 0 Å². The van der Waals surface area contributed by atoms with Crippen molar-refractivity contribution in [2.75, 3.05) is 6.54 Å². The molecule has 0 spiro atoms. The molecule has 0 atom stereocenters. The Morgan fingerprint density at radius 2 is 2.38 bits per heavy atom. The molecule has 0 saturated heterocycles. The number of allylic oxidation sites excluding steroid dienone is 1. The van der Waals surface area contributed by atoms with Crippen LogP contribution in [0.3, 0.4) is 0 Å². The van der Waals surface area contributed by atoms with Crippen LogP contribution < -0.4 is 5.32 Å². The van der Waals surface area contributed by atoms with Crippen molar-refractivity contribution >= 4 is 0 Å². The Kier molecular flexibility index (Phi) is 2.10. The summed E-state index contributed by atoms with van der Waals surface area (Å²) in [7, 11) is 0. The van der Waals surface area contributed by atoms with Crippen LogP contribution in [0.25, 0.3) is 0 Å². The van der Waals surface area contributed by atoms with E-state index >= 15 is 0 Å². The van der Waals surface area contributed by atoms with Crippen LogP contribution >= 0.6 is 0 Å². The molecule has 0 amide bonds. The first-order valence-corrected chi connectivity index (χ1v) is 3.28. The Balaban J connectivity index is 1.88. The highest BCUT2D eigenvalue weighted by Crippen LogP contribution is 2.17. The van der Waals surface area contributed by atoms with E-state index in [1.165, 1.54) is 12.8 Å². The molecule has 46 valence electrons. The van der Waals surface area contributed by atoms with Gasteiger partial charge in [-0.1, -0.05) is 12.2 Å². The first-order chi connectivity index (χ1) is 3.93. The highest BCUT2D eigenvalue weighted by atomic mass is 14.9. The molecule has 1 aliphatic carbocycles. The van der Waals surface area contributed by atoms with E-state index in [1.807, 2.05) is 0 Å². The van der Waals surface area contributed by atoms with Gasteiger partial charge in [-0.15, -0.1) is 0 Å². The maximum Gasteiger partial charge on any atom is 0.0137 e. The second kappa shape index (κ2) is 2.88. The van der Waals surface area contributed by atoms with Gasteiger partial charge in [0.15, 0.2) is 0 Å². The zero-order chi connectivity index (χ0) is 5.82. The summed E-state index contributed by atoms with van der Waals surface area (Å²) in [6.45, 7) is 3.11. The third-order valence-electron chi connectivity index (χ3n) is 1.34. The molecule has 0 aromatic heterocycles. The van der Waals surface area contributed by atoms with Crippen molar-refractivity contribution in [3.63, 3.8) is 0 Å². The molecule has 0 aliphatic heterocycles. The van der Waals surface area contributed by atoms with Gasteiger partial charge in [0.1, 0.15) is 0 Å². The molecule has 1 fully saturated rings. The van der Waals surface area contributed by atoms with Crippen molar-refractivity contribution in [1.82, 2.24) is 5.32 Å². The Labute approximate surface area is 50.8 Å². The molecule has 0 radical (unpaired) electrons. The summed E-state index contributed by atoms with van der Waals surface area (Å²) in [4.78, 5) is 0. The fourth-order valence-electron chi connectivity index (χ4n) is 0.640. The summed E-state index contributed by atoms with van der Waals surface area (Å²) in [5.41, 5.74) is 0. The normalized spacial score (nSPS) is 20.1. The predicted molar refractivity (Wildman–Crippen MR) is 35.8 cm³/mol. The molecular formula is C7H13N. The number of hydrogen-bond donors (Lipinski definition) is 1. The Morgan fingerprint density at radius 3 is 2.88 bits per heavy atom. The molecule has 8 heavy (non-hydrogen) atoms. The lowest BCUT2D eigenvalue weighted by Crippen LogP contribution is -2.15. The number of rotatable bonds is 3. The van der Waals surface area contributed by atoms with Gasteiger partial charge in [0.05, 0.1) is 0 Å². The SMILES string of the molecule is C/C=C\CNC1CC1. The lowest BCUT2D eigenvalue weighted by atomic mass is 10.5. The third kappa shape index (κ3) is 2.12. The minimum atomic E-state index is 0.853. The summed E-state index contributed by atoms with van der Waals surface area (Å²) < 4.78 is 0. The van der Waals surface area contributed by atoms with E-state index in [0.717, 1.165) is 12.6 Å². The molecule has 0 aromatic carbocycles. The van der Waals surface area contributed by atoms with Crippen LogP contribution in [0.1, 0.15) is 19.8 Å². The topological polar surface area (TPSA) is 12.0 Å². The van der Waals surface area contributed by atoms with E-state index in [9.17, 15) is 0 Å². The molecule has 0 aromatic rings. The second-order valence-corrected chi connectivity index (χ2v) is 2.25. The maximum absolute atomic E-state index is 3.37. The summed E-state index contributed by atoms with van der Waals surface area (Å²) in [5, 5.41) is 3.37. The molecule has 0 heterocycles. The van der Waals surface area contributed by atoms with Crippen LogP contribution in [-0.2, 0) is 0 Å². The smallest absolute Gasteiger partial charge is 0.0137 e. The highest BCUT2D eigenvalue weighted by Gasteiger charge is 2.18. The molecule has 1 saturated carbocycles. The molecule has 1 N–H and O–H groups in total. The monoisotopic (exact) mass is 111 g/mol. The zero-order valence-corrected chi connectivity index (χ0v) is 5.35. The van der Waals surface area contributed by atoms with Crippen molar-refractivity contribution < 1.29 is 0 Å². The minimum Gasteiger partial charge on any atom is -0.311 e. The lowest BCUT2D eigenvalue weighted by Gasteiger charge is -1.92. The molecule has 1 aliphatic rings. The second-order valence-electron chi connectivity index (χ2n) is 2.25. The van der Waals surface area contributed by atoms with Crippen molar-refractivity contribution in [2.45, 2.75) is 25.8 Å². The fraction of sp³-hybridized carbons (Fsp3) is 0.714. The molecule has 0 bridgehead atoms. The first-order valence-electron chi connectivity index (χ1n) is 3.28. The van der Waals surface area contributed by atoms with E-state index < -0.39 is 0 Å². The maximum atomic E-state index is 3.37. The third-order valence-corrected chi connectivity index (χ3v) is 1.34. The fourth-order valence-corrected chi connectivity index (χ4v) is 0.640. The van der Waals surface area contributed by atoms with E-state index in [1.54, 1.807) is 0 Å². The van der Waals surface area contributed by atoms with Crippen LogP contribution in [0.4, 0.5) is 0 Å². The van der Waals surface area contributed by atoms with Gasteiger partial charge in [-0.05, 0) is 19.8 Å². The van der Waals surface area contributed by atoms with Crippen molar-refractivity contribution in [3.8, 4) is 0 Å². The average Bonchev–Trinajstić information content (AvgIpc) is 2.51. The summed E-state index contributed by atoms with van der Waals surface area (Å²) in [5.74, 6) is 0. The van der Waals surface area contributed by atoms with Gasteiger partial charge in [0, 0.05) is 12.6 Å². The standard InChI is InChI=1S/C7H13N/c1-2-3-6-8-7-4-5-7/h2-3,7-8H,4-6H2,1H3/b3-2-. The Hall–Kier alpha value is -0.300. The van der Waals surface area contributed by atoms with Crippen molar-refractivity contribution in [2.24, 2.45) is 0 Å². The van der Waals surface area contributed by atoms with Crippen LogP contribution in [-0.4, -0.2) is 12.6 Å².